The first-order valence-electron chi connectivity index (χ1n) is 8.22. The molecule has 0 aliphatic rings. The van der Waals surface area contributed by atoms with E-state index in [1.165, 1.54) is 7.11 Å². The second kappa shape index (κ2) is 10.0. The van der Waals surface area contributed by atoms with Crippen molar-refractivity contribution in [1.82, 2.24) is 5.32 Å². The molecular formula is C18H28N2O5. The van der Waals surface area contributed by atoms with E-state index in [1.807, 2.05) is 30.3 Å². The smallest absolute Gasteiger partial charge is 0.405 e. The van der Waals surface area contributed by atoms with Crippen molar-refractivity contribution < 1.29 is 24.2 Å². The van der Waals surface area contributed by atoms with Gasteiger partial charge in [-0.2, -0.15) is 0 Å². The Labute approximate surface area is 148 Å². The Kier molecular flexibility index (Phi) is 8.37. The summed E-state index contributed by atoms with van der Waals surface area (Å²) in [4.78, 5) is 23.3. The quantitative estimate of drug-likeness (QED) is 0.549. The van der Waals surface area contributed by atoms with Gasteiger partial charge in [0.25, 0.3) is 0 Å². The number of rotatable bonds is 10. The van der Waals surface area contributed by atoms with E-state index in [4.69, 9.17) is 15.2 Å². The Balaban J connectivity index is 2.86. The number of nitrogens with two attached hydrogens (primary N) is 1. The number of primary amides is 1. The third-order valence-electron chi connectivity index (χ3n) is 3.79. The molecular weight excluding hydrogens is 324 g/mol. The van der Waals surface area contributed by atoms with Crippen molar-refractivity contribution in [3.05, 3.63) is 35.9 Å². The fourth-order valence-electron chi connectivity index (χ4n) is 2.75. The van der Waals surface area contributed by atoms with Gasteiger partial charge in [0.2, 0.25) is 5.91 Å². The van der Waals surface area contributed by atoms with Crippen LogP contribution in [0.15, 0.2) is 30.3 Å². The average Bonchev–Trinajstić information content (AvgIpc) is 2.53. The Bertz CT molecular complexity index is 548. The standard InChI is InChI=1S/C18H28N2O5/c1-18(2,25-17(19)23)12-14(11-13-7-5-4-6-8-13)15(21)16(22)20-9-10-24-3/h4-8,14-15,21H,9-12H2,1-3H3,(H2,19,23)(H,20,22)/t14?,15-/m0/s1. The van der Waals surface area contributed by atoms with Gasteiger partial charge in [-0.3, -0.25) is 4.79 Å². The molecule has 1 aromatic carbocycles. The maximum absolute atomic E-state index is 12.2. The van der Waals surface area contributed by atoms with Crippen LogP contribution in [0.1, 0.15) is 25.8 Å². The van der Waals surface area contributed by atoms with Gasteiger partial charge >= 0.3 is 6.09 Å². The zero-order valence-electron chi connectivity index (χ0n) is 15.0. The summed E-state index contributed by atoms with van der Waals surface area (Å²) in [6.45, 7) is 4.07. The van der Waals surface area contributed by atoms with E-state index < -0.39 is 29.6 Å². The molecule has 0 aliphatic heterocycles. The molecule has 0 saturated heterocycles. The Morgan fingerprint density at radius 1 is 1.28 bits per heavy atom. The number of ether oxygens (including phenoxy) is 2. The van der Waals surface area contributed by atoms with Gasteiger partial charge in [-0.15, -0.1) is 0 Å². The van der Waals surface area contributed by atoms with Crippen LogP contribution in [0, 0.1) is 5.92 Å². The van der Waals surface area contributed by atoms with Crippen LogP contribution < -0.4 is 11.1 Å². The zero-order chi connectivity index (χ0) is 18.9. The van der Waals surface area contributed by atoms with Crippen LogP contribution >= 0.6 is 0 Å². The topological polar surface area (TPSA) is 111 Å². The van der Waals surface area contributed by atoms with E-state index in [0.29, 0.717) is 19.6 Å². The number of benzene rings is 1. The summed E-state index contributed by atoms with van der Waals surface area (Å²) in [5.41, 5.74) is 5.18. The summed E-state index contributed by atoms with van der Waals surface area (Å²) in [6, 6.07) is 9.52. The van der Waals surface area contributed by atoms with E-state index in [-0.39, 0.29) is 6.42 Å². The van der Waals surface area contributed by atoms with Crippen molar-refractivity contribution in [1.29, 1.82) is 0 Å². The molecule has 140 valence electrons. The number of carbonyl (C=O) groups is 2. The molecule has 7 nitrogen and oxygen atoms in total. The second-order valence-electron chi connectivity index (χ2n) is 6.56. The molecule has 7 heteroatoms. The van der Waals surface area contributed by atoms with Gasteiger partial charge in [-0.25, -0.2) is 4.79 Å². The van der Waals surface area contributed by atoms with Crippen LogP contribution in [0.4, 0.5) is 4.79 Å². The lowest BCUT2D eigenvalue weighted by atomic mass is 9.84. The van der Waals surface area contributed by atoms with Crippen molar-refractivity contribution in [3.8, 4) is 0 Å². The molecule has 0 aliphatic carbocycles. The van der Waals surface area contributed by atoms with Crippen LogP contribution in [0.2, 0.25) is 0 Å². The second-order valence-corrected chi connectivity index (χ2v) is 6.56. The number of amides is 2. The van der Waals surface area contributed by atoms with Crippen molar-refractivity contribution >= 4 is 12.0 Å². The minimum atomic E-state index is -1.24. The molecule has 1 unspecified atom stereocenters. The molecule has 2 amide bonds. The van der Waals surface area contributed by atoms with Crippen molar-refractivity contribution in [2.45, 2.75) is 38.4 Å². The SMILES string of the molecule is COCCNC(=O)[C@@H](O)C(Cc1ccccc1)CC(C)(C)OC(N)=O. The minimum Gasteiger partial charge on any atom is -0.444 e. The van der Waals surface area contributed by atoms with Crippen molar-refractivity contribution in [3.63, 3.8) is 0 Å². The van der Waals surface area contributed by atoms with Crippen molar-refractivity contribution in [2.24, 2.45) is 11.7 Å². The third kappa shape index (κ3) is 8.00. The Morgan fingerprint density at radius 2 is 1.92 bits per heavy atom. The number of aliphatic hydroxyl groups is 1. The molecule has 0 aromatic heterocycles. The van der Waals surface area contributed by atoms with Gasteiger partial charge in [-0.05, 0) is 32.3 Å². The highest BCUT2D eigenvalue weighted by Gasteiger charge is 2.33. The van der Waals surface area contributed by atoms with E-state index >= 15 is 0 Å². The average molecular weight is 352 g/mol. The van der Waals surface area contributed by atoms with Crippen LogP contribution in [0.5, 0.6) is 0 Å². The fraction of sp³-hybridized carbons (Fsp3) is 0.556. The first kappa shape index (κ1) is 20.9. The largest absolute Gasteiger partial charge is 0.444 e. The highest BCUT2D eigenvalue weighted by atomic mass is 16.6. The van der Waals surface area contributed by atoms with E-state index in [2.05, 4.69) is 5.32 Å². The highest BCUT2D eigenvalue weighted by molar-refractivity contribution is 5.80. The number of aliphatic hydroxyl groups excluding tert-OH is 1. The van der Waals surface area contributed by atoms with Crippen molar-refractivity contribution in [2.75, 3.05) is 20.3 Å². The first-order chi connectivity index (χ1) is 11.7. The lowest BCUT2D eigenvalue weighted by Gasteiger charge is -2.31. The number of methoxy groups -OCH3 is 1. The normalized spacial score (nSPS) is 13.8. The minimum absolute atomic E-state index is 0.281. The molecule has 0 spiro atoms. The molecule has 0 fully saturated rings. The van der Waals surface area contributed by atoms with Crippen LogP contribution in [-0.2, 0) is 20.7 Å². The van der Waals surface area contributed by atoms with E-state index in [9.17, 15) is 14.7 Å². The zero-order valence-corrected chi connectivity index (χ0v) is 15.0. The van der Waals surface area contributed by atoms with Gasteiger partial charge in [0, 0.05) is 19.6 Å². The van der Waals surface area contributed by atoms with E-state index in [0.717, 1.165) is 5.56 Å². The summed E-state index contributed by atoms with van der Waals surface area (Å²) in [5.74, 6) is -0.924. The summed E-state index contributed by atoms with van der Waals surface area (Å²) in [6.07, 6.45) is -1.38. The summed E-state index contributed by atoms with van der Waals surface area (Å²) in [5, 5.41) is 13.1. The van der Waals surface area contributed by atoms with Gasteiger partial charge < -0.3 is 25.6 Å². The molecule has 0 saturated carbocycles. The first-order valence-corrected chi connectivity index (χ1v) is 8.22. The predicted octanol–water partition coefficient (Wildman–Crippen LogP) is 1.23. The Hall–Kier alpha value is -2.12. The maximum Gasteiger partial charge on any atom is 0.405 e. The summed E-state index contributed by atoms with van der Waals surface area (Å²) >= 11 is 0. The van der Waals surface area contributed by atoms with Gasteiger partial charge in [0.1, 0.15) is 11.7 Å². The molecule has 2 atom stereocenters. The fourth-order valence-corrected chi connectivity index (χ4v) is 2.75. The monoisotopic (exact) mass is 352 g/mol. The molecule has 4 N–H and O–H groups in total. The van der Waals surface area contributed by atoms with Crippen LogP contribution in [0.3, 0.4) is 0 Å². The lowest BCUT2D eigenvalue weighted by Crippen LogP contribution is -2.44. The molecule has 0 radical (unpaired) electrons. The third-order valence-corrected chi connectivity index (χ3v) is 3.79. The number of hydrogen-bond donors (Lipinski definition) is 3. The summed E-state index contributed by atoms with van der Waals surface area (Å²) in [7, 11) is 1.53. The number of carbonyl (C=O) groups excluding carboxylic acids is 2. The maximum atomic E-state index is 12.2. The molecule has 1 rings (SSSR count). The lowest BCUT2D eigenvalue weighted by molar-refractivity contribution is -0.133. The Morgan fingerprint density at radius 3 is 2.48 bits per heavy atom. The molecule has 0 heterocycles. The van der Waals surface area contributed by atoms with E-state index in [1.54, 1.807) is 13.8 Å². The van der Waals surface area contributed by atoms with Crippen LogP contribution in [0.25, 0.3) is 0 Å². The predicted molar refractivity (Wildman–Crippen MR) is 93.9 cm³/mol. The molecule has 0 bridgehead atoms. The van der Waals surface area contributed by atoms with Gasteiger partial charge in [0.15, 0.2) is 0 Å². The number of nitrogens with one attached hydrogen (secondary N) is 1. The highest BCUT2D eigenvalue weighted by Crippen LogP contribution is 2.26. The molecule has 1 aromatic rings. The number of hydrogen-bond acceptors (Lipinski definition) is 5. The molecule has 25 heavy (non-hydrogen) atoms. The van der Waals surface area contributed by atoms with Gasteiger partial charge in [-0.1, -0.05) is 30.3 Å². The van der Waals surface area contributed by atoms with Gasteiger partial charge in [0.05, 0.1) is 6.61 Å². The van der Waals surface area contributed by atoms with Crippen LogP contribution in [-0.4, -0.2) is 49.1 Å². The summed E-state index contributed by atoms with van der Waals surface area (Å²) < 4.78 is 10.00.